The first-order valence-corrected chi connectivity index (χ1v) is 9.96. The molecule has 1 aromatic heterocycles. The lowest BCUT2D eigenvalue weighted by Crippen LogP contribution is -2.14. The highest BCUT2D eigenvalue weighted by Crippen LogP contribution is 2.35. The Balaban J connectivity index is 1.99. The number of esters is 1. The largest absolute Gasteiger partial charge is 0.490 e. The second kappa shape index (κ2) is 9.58. The van der Waals surface area contributed by atoms with Crippen molar-refractivity contribution >= 4 is 51.2 Å². The third kappa shape index (κ3) is 4.88. The highest BCUT2D eigenvalue weighted by Gasteiger charge is 2.15. The molecule has 0 amide bonds. The van der Waals surface area contributed by atoms with Gasteiger partial charge in [-0.3, -0.25) is 0 Å². The molecule has 3 aromatic rings. The Morgan fingerprint density at radius 2 is 2.13 bits per heavy atom. The zero-order chi connectivity index (χ0) is 21.7. The van der Waals surface area contributed by atoms with Crippen molar-refractivity contribution in [2.24, 2.45) is 0 Å². The monoisotopic (exact) mass is 521 g/mol. The molecule has 7 nitrogen and oxygen atoms in total. The van der Waals surface area contributed by atoms with Crippen LogP contribution in [0.25, 0.3) is 22.7 Å². The van der Waals surface area contributed by atoms with Crippen molar-refractivity contribution in [3.8, 4) is 17.6 Å². The molecule has 1 heterocycles. The Hall–Kier alpha value is -3.13. The number of carbonyl (C=O) groups excluding carboxylic acids is 1. The van der Waals surface area contributed by atoms with Crippen molar-refractivity contribution in [2.75, 3.05) is 20.3 Å². The third-order valence-corrected chi connectivity index (χ3v) is 4.83. The number of nitrogens with one attached hydrogen (secondary N) is 1. The molecule has 154 valence electrons. The first-order chi connectivity index (χ1) is 14.4. The number of nitriles is 1. The Bertz CT molecular complexity index is 1170. The maximum absolute atomic E-state index is 13.4. The molecule has 1 N–H and O–H groups in total. The van der Waals surface area contributed by atoms with Gasteiger partial charge >= 0.3 is 5.97 Å². The molecule has 0 aliphatic carbocycles. The van der Waals surface area contributed by atoms with Crippen LogP contribution in [0.5, 0.6) is 11.5 Å². The average molecular weight is 521 g/mol. The minimum absolute atomic E-state index is 0.249. The number of aromatic nitrogens is 2. The zero-order valence-electron chi connectivity index (χ0n) is 16.2. The van der Waals surface area contributed by atoms with Gasteiger partial charge in [-0.2, -0.15) is 5.26 Å². The fourth-order valence-electron chi connectivity index (χ4n) is 2.69. The molecule has 30 heavy (non-hydrogen) atoms. The number of allylic oxidation sites excluding steroid dienone is 1. The number of fused-ring (bicyclic) bond motifs is 1. The van der Waals surface area contributed by atoms with Crippen LogP contribution in [0, 0.1) is 20.7 Å². The molecule has 0 saturated heterocycles. The number of H-pyrrole nitrogens is 1. The maximum Gasteiger partial charge on any atom is 0.343 e. The lowest BCUT2D eigenvalue weighted by Gasteiger charge is -2.14. The van der Waals surface area contributed by atoms with Crippen LogP contribution in [-0.2, 0) is 9.53 Å². The van der Waals surface area contributed by atoms with Crippen molar-refractivity contribution in [3.63, 3.8) is 0 Å². The molecule has 3 rings (SSSR count). The van der Waals surface area contributed by atoms with Crippen LogP contribution in [0.1, 0.15) is 18.3 Å². The van der Waals surface area contributed by atoms with E-state index in [1.807, 2.05) is 6.92 Å². The van der Waals surface area contributed by atoms with Crippen LogP contribution in [0.3, 0.4) is 0 Å². The van der Waals surface area contributed by atoms with Gasteiger partial charge in [0.15, 0.2) is 18.1 Å². The van der Waals surface area contributed by atoms with Gasteiger partial charge in [0.25, 0.3) is 0 Å². The number of imidazole rings is 1. The number of hydrogen-bond acceptors (Lipinski definition) is 6. The van der Waals surface area contributed by atoms with Gasteiger partial charge in [-0.25, -0.2) is 14.2 Å². The molecule has 2 aromatic carbocycles. The van der Waals surface area contributed by atoms with E-state index in [9.17, 15) is 14.4 Å². The maximum atomic E-state index is 13.4. The van der Waals surface area contributed by atoms with Crippen molar-refractivity contribution in [1.29, 1.82) is 5.26 Å². The number of halogens is 2. The smallest absolute Gasteiger partial charge is 0.343 e. The highest BCUT2D eigenvalue weighted by molar-refractivity contribution is 14.1. The van der Waals surface area contributed by atoms with Crippen LogP contribution < -0.4 is 9.47 Å². The third-order valence-electron chi connectivity index (χ3n) is 4.02. The summed E-state index contributed by atoms with van der Waals surface area (Å²) in [5.41, 5.74) is 2.01. The number of aromatic amines is 1. The van der Waals surface area contributed by atoms with E-state index >= 15 is 0 Å². The van der Waals surface area contributed by atoms with Gasteiger partial charge in [0.05, 0.1) is 33.9 Å². The summed E-state index contributed by atoms with van der Waals surface area (Å²) in [6.07, 6.45) is 1.64. The average Bonchev–Trinajstić information content (AvgIpc) is 3.14. The molecule has 0 spiro atoms. The standard InChI is InChI=1S/C21H17FIN3O4/c1-3-29-18-8-12(7-15(23)20(18)30-11-19(27)28-2)6-13(10-24)21-25-16-5-4-14(22)9-17(16)26-21/h4-9H,3,11H2,1-2H3,(H,25,26)/b13-6-. The number of carbonyl (C=O) groups is 1. The molecule has 0 saturated carbocycles. The van der Waals surface area contributed by atoms with E-state index in [-0.39, 0.29) is 12.2 Å². The zero-order valence-corrected chi connectivity index (χ0v) is 18.3. The van der Waals surface area contributed by atoms with Gasteiger partial charge in [0.1, 0.15) is 17.7 Å². The molecule has 0 unspecified atom stereocenters. The van der Waals surface area contributed by atoms with Gasteiger partial charge in [-0.05, 0) is 71.5 Å². The van der Waals surface area contributed by atoms with Crippen molar-refractivity contribution in [1.82, 2.24) is 9.97 Å². The number of methoxy groups -OCH3 is 1. The summed E-state index contributed by atoms with van der Waals surface area (Å²) >= 11 is 2.06. The van der Waals surface area contributed by atoms with E-state index < -0.39 is 11.8 Å². The highest BCUT2D eigenvalue weighted by atomic mass is 127. The van der Waals surface area contributed by atoms with E-state index in [0.29, 0.717) is 44.1 Å². The van der Waals surface area contributed by atoms with Crippen LogP contribution in [0.15, 0.2) is 30.3 Å². The summed E-state index contributed by atoms with van der Waals surface area (Å²) in [6.45, 7) is 1.96. The molecule has 0 aliphatic rings. The minimum atomic E-state index is -0.509. The van der Waals surface area contributed by atoms with Crippen molar-refractivity contribution in [3.05, 3.63) is 51.1 Å². The number of hydrogen-bond donors (Lipinski definition) is 1. The summed E-state index contributed by atoms with van der Waals surface area (Å²) in [6, 6.07) is 9.79. The predicted molar refractivity (Wildman–Crippen MR) is 117 cm³/mol. The van der Waals surface area contributed by atoms with E-state index in [1.54, 1.807) is 24.3 Å². The molecule has 0 fully saturated rings. The summed E-state index contributed by atoms with van der Waals surface area (Å²) in [7, 11) is 1.28. The van der Waals surface area contributed by atoms with E-state index in [0.717, 1.165) is 0 Å². The first kappa shape index (κ1) is 21.6. The lowest BCUT2D eigenvalue weighted by atomic mass is 10.1. The molecule has 0 radical (unpaired) electrons. The SMILES string of the molecule is CCOc1cc(/C=C(/C#N)c2nc3ccc(F)cc3[nH]2)cc(I)c1OCC(=O)OC. The number of rotatable bonds is 7. The van der Waals surface area contributed by atoms with Gasteiger partial charge < -0.3 is 19.2 Å². The number of nitrogens with zero attached hydrogens (tertiary/aromatic N) is 2. The Morgan fingerprint density at radius 1 is 1.33 bits per heavy atom. The normalized spacial score (nSPS) is 11.2. The van der Waals surface area contributed by atoms with Gasteiger partial charge in [0.2, 0.25) is 0 Å². The van der Waals surface area contributed by atoms with Crippen LogP contribution in [-0.4, -0.2) is 36.3 Å². The van der Waals surface area contributed by atoms with Gasteiger partial charge in [-0.1, -0.05) is 0 Å². The fraction of sp³-hybridized carbons (Fsp3) is 0.190. The Kier molecular flexibility index (Phi) is 6.89. The number of benzene rings is 2. The minimum Gasteiger partial charge on any atom is -0.490 e. The van der Waals surface area contributed by atoms with Gasteiger partial charge in [-0.15, -0.1) is 0 Å². The predicted octanol–water partition coefficient (Wildman–Crippen LogP) is 4.32. The van der Waals surface area contributed by atoms with Crippen LogP contribution in [0.4, 0.5) is 4.39 Å². The first-order valence-electron chi connectivity index (χ1n) is 8.88. The summed E-state index contributed by atoms with van der Waals surface area (Å²) in [5.74, 6) is 0.280. The molecular weight excluding hydrogens is 504 g/mol. The molecule has 9 heteroatoms. The molecule has 0 bridgehead atoms. The quantitative estimate of drug-likeness (QED) is 0.283. The fourth-order valence-corrected chi connectivity index (χ4v) is 3.48. The summed E-state index contributed by atoms with van der Waals surface area (Å²) < 4.78 is 29.9. The molecular formula is C21H17FIN3O4. The second-order valence-corrected chi connectivity index (χ2v) is 7.21. The summed E-state index contributed by atoms with van der Waals surface area (Å²) in [4.78, 5) is 18.7. The van der Waals surface area contributed by atoms with Crippen LogP contribution in [0.2, 0.25) is 0 Å². The molecule has 0 atom stereocenters. The van der Waals surface area contributed by atoms with Crippen LogP contribution >= 0.6 is 22.6 Å². The van der Waals surface area contributed by atoms with E-state index in [2.05, 4.69) is 43.4 Å². The van der Waals surface area contributed by atoms with Crippen molar-refractivity contribution in [2.45, 2.75) is 6.92 Å². The Morgan fingerprint density at radius 3 is 2.83 bits per heavy atom. The van der Waals surface area contributed by atoms with Gasteiger partial charge in [0, 0.05) is 0 Å². The number of ether oxygens (including phenoxy) is 3. The molecule has 0 aliphatic heterocycles. The second-order valence-electron chi connectivity index (χ2n) is 6.04. The Labute approximate surface area is 185 Å². The summed E-state index contributed by atoms with van der Waals surface area (Å²) in [5, 5.41) is 9.63. The van der Waals surface area contributed by atoms with E-state index in [4.69, 9.17) is 9.47 Å². The lowest BCUT2D eigenvalue weighted by molar-refractivity contribution is -0.142. The van der Waals surface area contributed by atoms with Crippen molar-refractivity contribution < 1.29 is 23.4 Å². The van der Waals surface area contributed by atoms with E-state index in [1.165, 1.54) is 19.2 Å². The topological polar surface area (TPSA) is 97.2 Å².